The molecule has 8 heteroatoms. The Labute approximate surface area is 116 Å². The second-order valence-corrected chi connectivity index (χ2v) is 4.26. The fraction of sp³-hybridized carbons (Fsp3) is 0.125. The van der Waals surface area contributed by atoms with Gasteiger partial charge in [-0.05, 0) is 6.07 Å². The second kappa shape index (κ2) is 7.41. The first-order valence-electron chi connectivity index (χ1n) is 3.57. The molecule has 2 nitrogen and oxygen atoms in total. The maximum atomic E-state index is 10.5. The van der Waals surface area contributed by atoms with Crippen molar-refractivity contribution >= 4 is 64.0 Å². The van der Waals surface area contributed by atoms with E-state index in [9.17, 15) is 4.39 Å². The van der Waals surface area contributed by atoms with E-state index < -0.39 is 12.6 Å². The highest BCUT2D eigenvalue weighted by Crippen LogP contribution is 2.40. The molecular weight excluding hydrogens is 324 g/mol. The van der Waals surface area contributed by atoms with Crippen molar-refractivity contribution in [3.8, 4) is 0 Å². The van der Waals surface area contributed by atoms with Gasteiger partial charge >= 0.3 is 5.97 Å². The lowest BCUT2D eigenvalue weighted by molar-refractivity contribution is -0.137. The van der Waals surface area contributed by atoms with Gasteiger partial charge in [-0.25, -0.2) is 9.18 Å². The van der Waals surface area contributed by atoms with Crippen LogP contribution in [0, 0.1) is 0 Å². The number of hydrogen-bond acceptors (Lipinski definition) is 1. The van der Waals surface area contributed by atoms with Gasteiger partial charge in [0.05, 0.1) is 25.1 Å². The van der Waals surface area contributed by atoms with E-state index in [4.69, 9.17) is 67.9 Å². The molecule has 16 heavy (non-hydrogen) atoms. The number of halogens is 6. The molecule has 1 N–H and O–H groups in total. The van der Waals surface area contributed by atoms with E-state index in [0.717, 1.165) is 0 Å². The third kappa shape index (κ3) is 4.93. The average Bonchev–Trinajstić information content (AvgIpc) is 2.24. The second-order valence-electron chi connectivity index (χ2n) is 2.31. The molecule has 0 fully saturated rings. The summed E-state index contributed by atoms with van der Waals surface area (Å²) in [5, 5.41) is 8.58. The molecule has 0 heterocycles. The smallest absolute Gasteiger partial charge is 0.335 e. The third-order valence-electron chi connectivity index (χ3n) is 1.17. The van der Waals surface area contributed by atoms with Gasteiger partial charge in [-0.1, -0.05) is 58.0 Å². The van der Waals surface area contributed by atoms with Gasteiger partial charge in [0.2, 0.25) is 0 Å². The highest BCUT2D eigenvalue weighted by molar-refractivity contribution is 6.54. The van der Waals surface area contributed by atoms with Crippen molar-refractivity contribution in [2.75, 3.05) is 6.67 Å². The minimum Gasteiger partial charge on any atom is -0.479 e. The first kappa shape index (κ1) is 16.1. The van der Waals surface area contributed by atoms with Crippen molar-refractivity contribution in [2.45, 2.75) is 0 Å². The van der Waals surface area contributed by atoms with Gasteiger partial charge in [-0.3, -0.25) is 0 Å². The Morgan fingerprint density at radius 1 is 1.06 bits per heavy atom. The average molecular weight is 328 g/mol. The third-order valence-corrected chi connectivity index (χ3v) is 3.32. The van der Waals surface area contributed by atoms with Crippen molar-refractivity contribution in [1.29, 1.82) is 0 Å². The van der Waals surface area contributed by atoms with Gasteiger partial charge in [-0.2, -0.15) is 0 Å². The summed E-state index contributed by atoms with van der Waals surface area (Å²) in [4.78, 5) is 8.99. The first-order valence-corrected chi connectivity index (χ1v) is 5.46. The van der Waals surface area contributed by atoms with Crippen LogP contribution in [-0.2, 0) is 4.79 Å². The SMILES string of the molecule is Clc1cc(Cl)c(Cl)c(Cl)c1Cl.O=C(O)CF. The quantitative estimate of drug-likeness (QED) is 0.582. The largest absolute Gasteiger partial charge is 0.479 e. The highest BCUT2D eigenvalue weighted by Gasteiger charge is 2.10. The Bertz CT molecular complexity index is 370. The van der Waals surface area contributed by atoms with E-state index >= 15 is 0 Å². The van der Waals surface area contributed by atoms with Crippen LogP contribution in [0.2, 0.25) is 25.1 Å². The number of carboxylic acids is 1. The van der Waals surface area contributed by atoms with Crippen molar-refractivity contribution in [1.82, 2.24) is 0 Å². The molecule has 90 valence electrons. The fourth-order valence-corrected chi connectivity index (χ4v) is 1.65. The zero-order valence-corrected chi connectivity index (χ0v) is 11.2. The molecule has 1 rings (SSSR count). The lowest BCUT2D eigenvalue weighted by atomic mass is 10.3. The summed E-state index contributed by atoms with van der Waals surface area (Å²) in [5.41, 5.74) is 0. The van der Waals surface area contributed by atoms with Crippen molar-refractivity contribution in [3.63, 3.8) is 0 Å². The molecule has 0 spiro atoms. The number of carbonyl (C=O) groups is 1. The van der Waals surface area contributed by atoms with Crippen molar-refractivity contribution in [2.24, 2.45) is 0 Å². The Hall–Kier alpha value is 0.0700. The molecule has 0 unspecified atom stereocenters. The standard InChI is InChI=1S/C6HCl5.C2H3FO2/c7-2-1-3(8)5(10)6(11)4(2)9;3-1-2(4)5/h1H;1H2,(H,4,5). The maximum absolute atomic E-state index is 10.5. The molecule has 0 aliphatic rings. The molecule has 0 aromatic heterocycles. The van der Waals surface area contributed by atoms with Crippen molar-refractivity contribution in [3.05, 3.63) is 31.2 Å². The normalized spacial score (nSPS) is 9.38. The Kier molecular flexibility index (Phi) is 7.44. The zero-order valence-electron chi connectivity index (χ0n) is 7.41. The van der Waals surface area contributed by atoms with E-state index in [1.807, 2.05) is 0 Å². The van der Waals surface area contributed by atoms with E-state index in [1.54, 1.807) is 0 Å². The Morgan fingerprint density at radius 2 is 1.38 bits per heavy atom. The summed E-state index contributed by atoms with van der Waals surface area (Å²) in [7, 11) is 0. The van der Waals surface area contributed by atoms with E-state index in [0.29, 0.717) is 10.0 Å². The number of aliphatic carboxylic acids is 1. The highest BCUT2D eigenvalue weighted by atomic mass is 35.5. The molecule has 0 amide bonds. The molecule has 0 bridgehead atoms. The van der Waals surface area contributed by atoms with Crippen LogP contribution < -0.4 is 0 Å². The van der Waals surface area contributed by atoms with Crippen LogP contribution in [0.1, 0.15) is 0 Å². The lowest BCUT2D eigenvalue weighted by Gasteiger charge is -2.02. The van der Waals surface area contributed by atoms with Gasteiger partial charge in [0.1, 0.15) is 0 Å². The van der Waals surface area contributed by atoms with Crippen LogP contribution in [0.3, 0.4) is 0 Å². The molecule has 1 aromatic carbocycles. The van der Waals surface area contributed by atoms with Crippen molar-refractivity contribution < 1.29 is 14.3 Å². The summed E-state index contributed by atoms with van der Waals surface area (Å²) in [6, 6.07) is 1.44. The molecular formula is C8H4Cl5FO2. The fourth-order valence-electron chi connectivity index (χ4n) is 0.544. The van der Waals surface area contributed by atoms with Crippen LogP contribution in [-0.4, -0.2) is 17.8 Å². The number of alkyl halides is 1. The molecule has 0 atom stereocenters. The van der Waals surface area contributed by atoms with E-state index in [2.05, 4.69) is 0 Å². The van der Waals surface area contributed by atoms with Crippen LogP contribution in [0.15, 0.2) is 6.07 Å². The predicted octanol–water partition coefficient (Wildman–Crippen LogP) is 4.99. The van der Waals surface area contributed by atoms with Crippen LogP contribution >= 0.6 is 58.0 Å². The van der Waals surface area contributed by atoms with Gasteiger partial charge < -0.3 is 5.11 Å². The van der Waals surface area contributed by atoms with Crippen LogP contribution in [0.5, 0.6) is 0 Å². The van der Waals surface area contributed by atoms with Crippen LogP contribution in [0.25, 0.3) is 0 Å². The minimum atomic E-state index is -1.41. The summed E-state index contributed by atoms with van der Waals surface area (Å²) in [6.07, 6.45) is 0. The Balaban J connectivity index is 0.000000385. The molecule has 0 radical (unpaired) electrons. The number of carboxylic acid groups (broad SMARTS) is 1. The number of rotatable bonds is 1. The van der Waals surface area contributed by atoms with E-state index in [1.165, 1.54) is 6.07 Å². The van der Waals surface area contributed by atoms with Gasteiger partial charge in [0.15, 0.2) is 6.67 Å². The van der Waals surface area contributed by atoms with Gasteiger partial charge in [0.25, 0.3) is 0 Å². The van der Waals surface area contributed by atoms with Gasteiger partial charge in [0, 0.05) is 0 Å². The molecule has 0 aliphatic heterocycles. The first-order chi connectivity index (χ1) is 7.31. The lowest BCUT2D eigenvalue weighted by Crippen LogP contribution is -1.93. The number of hydrogen-bond donors (Lipinski definition) is 1. The summed E-state index contributed by atoms with van der Waals surface area (Å²) < 4.78 is 10.5. The summed E-state index contributed by atoms with van der Waals surface area (Å²) in [6.45, 7) is -1.28. The summed E-state index contributed by atoms with van der Waals surface area (Å²) in [5.74, 6) is -1.41. The monoisotopic (exact) mass is 326 g/mol. The van der Waals surface area contributed by atoms with Gasteiger partial charge in [-0.15, -0.1) is 0 Å². The number of benzene rings is 1. The minimum absolute atomic E-state index is 0.186. The van der Waals surface area contributed by atoms with Crippen LogP contribution in [0.4, 0.5) is 4.39 Å². The summed E-state index contributed by atoms with van der Waals surface area (Å²) >= 11 is 28.2. The molecule has 0 saturated heterocycles. The Morgan fingerprint density at radius 3 is 1.62 bits per heavy atom. The zero-order chi connectivity index (χ0) is 12.9. The van der Waals surface area contributed by atoms with E-state index in [-0.39, 0.29) is 15.1 Å². The molecule has 0 aliphatic carbocycles. The predicted molar refractivity (Wildman–Crippen MR) is 65.1 cm³/mol. The molecule has 1 aromatic rings. The maximum Gasteiger partial charge on any atom is 0.335 e. The molecule has 0 saturated carbocycles. The topological polar surface area (TPSA) is 37.3 Å².